The first-order valence-corrected chi connectivity index (χ1v) is 10.5. The minimum atomic E-state index is -1.19. The van der Waals surface area contributed by atoms with Gasteiger partial charge in [0, 0.05) is 30.7 Å². The van der Waals surface area contributed by atoms with Gasteiger partial charge in [-0.15, -0.1) is 0 Å². The van der Waals surface area contributed by atoms with E-state index in [1.807, 2.05) is 30.3 Å². The molecule has 0 bridgehead atoms. The van der Waals surface area contributed by atoms with Crippen molar-refractivity contribution in [2.24, 2.45) is 0 Å². The summed E-state index contributed by atoms with van der Waals surface area (Å²) in [7, 11) is 1.76. The Morgan fingerprint density at radius 3 is 2.68 bits per heavy atom. The summed E-state index contributed by atoms with van der Waals surface area (Å²) >= 11 is 0. The zero-order chi connectivity index (χ0) is 23.8. The number of hydrogen-bond donors (Lipinski definition) is 2. The van der Waals surface area contributed by atoms with E-state index in [0.29, 0.717) is 11.3 Å². The number of rotatable bonds is 5. The molecule has 0 aliphatic carbocycles. The van der Waals surface area contributed by atoms with Crippen molar-refractivity contribution < 1.29 is 19.0 Å². The van der Waals surface area contributed by atoms with Crippen LogP contribution in [0.2, 0.25) is 0 Å². The number of aliphatic hydroxyl groups excluding tert-OH is 1. The zero-order valence-corrected chi connectivity index (χ0v) is 18.4. The van der Waals surface area contributed by atoms with Crippen molar-refractivity contribution in [2.75, 3.05) is 17.4 Å². The Balaban J connectivity index is 1.34. The minimum absolute atomic E-state index is 0.0574. The Hall–Kier alpha value is -4.44. The number of hydrazine groups is 1. The molecule has 2 aromatic heterocycles. The number of aromatic nitrogens is 3. The minimum Gasteiger partial charge on any atom is -0.422 e. The molecule has 9 nitrogen and oxygen atoms in total. The fourth-order valence-corrected chi connectivity index (χ4v) is 3.86. The molecule has 1 unspecified atom stereocenters. The van der Waals surface area contributed by atoms with E-state index in [4.69, 9.17) is 4.74 Å². The maximum Gasteiger partial charge on any atom is 0.309 e. The smallest absolute Gasteiger partial charge is 0.309 e. The van der Waals surface area contributed by atoms with E-state index in [1.54, 1.807) is 46.7 Å². The highest BCUT2D eigenvalue weighted by Crippen LogP contribution is 2.32. The molecule has 0 spiro atoms. The number of hydrogen-bond acceptors (Lipinski definition) is 7. The Morgan fingerprint density at radius 2 is 1.91 bits per heavy atom. The fraction of sp³-hybridized carbons (Fsp3) is 0.125. The lowest BCUT2D eigenvalue weighted by Crippen LogP contribution is -2.41. The normalized spacial score (nSPS) is 15.8. The zero-order valence-electron chi connectivity index (χ0n) is 18.4. The van der Waals surface area contributed by atoms with Crippen LogP contribution in [0.15, 0.2) is 84.5 Å². The van der Waals surface area contributed by atoms with Crippen molar-refractivity contribution in [1.29, 1.82) is 0 Å². The molecular weight excluding hydrogens is 439 g/mol. The summed E-state index contributed by atoms with van der Waals surface area (Å²) in [5.41, 5.74) is 2.31. The summed E-state index contributed by atoms with van der Waals surface area (Å²) in [5, 5.41) is 16.8. The lowest BCUT2D eigenvalue weighted by Gasteiger charge is -2.31. The highest BCUT2D eigenvalue weighted by Gasteiger charge is 2.37. The molecule has 172 valence electrons. The van der Waals surface area contributed by atoms with Crippen molar-refractivity contribution in [3.63, 3.8) is 0 Å². The molecular formula is C24H21FN6O3. The lowest BCUT2D eigenvalue weighted by molar-refractivity contribution is -0.113. The molecule has 1 atom stereocenters. The average Bonchev–Trinajstić information content (AvgIpc) is 3.39. The largest absolute Gasteiger partial charge is 0.422 e. The third-order valence-corrected chi connectivity index (χ3v) is 5.64. The SMILES string of the molecule is CC1=C(C(=O)Nc2ccc(Oc3ncnc4cccn34)c(F)c2)C(O)N(c2ccccc2)N1C. The molecule has 1 amide bonds. The molecule has 0 saturated carbocycles. The van der Waals surface area contributed by atoms with Crippen LogP contribution in [0.5, 0.6) is 11.8 Å². The first-order chi connectivity index (χ1) is 16.4. The molecule has 5 rings (SSSR count). The molecule has 0 radical (unpaired) electrons. The van der Waals surface area contributed by atoms with Gasteiger partial charge in [0.2, 0.25) is 0 Å². The van der Waals surface area contributed by atoms with Crippen LogP contribution < -0.4 is 15.1 Å². The van der Waals surface area contributed by atoms with Gasteiger partial charge < -0.3 is 15.2 Å². The van der Waals surface area contributed by atoms with Gasteiger partial charge in [-0.2, -0.15) is 4.98 Å². The fourth-order valence-electron chi connectivity index (χ4n) is 3.86. The molecule has 3 heterocycles. The van der Waals surface area contributed by atoms with Crippen LogP contribution in [0.1, 0.15) is 6.92 Å². The number of amides is 1. The summed E-state index contributed by atoms with van der Waals surface area (Å²) in [5.74, 6) is -1.27. The number of carbonyl (C=O) groups is 1. The molecule has 2 N–H and O–H groups in total. The number of halogens is 1. The van der Waals surface area contributed by atoms with E-state index in [-0.39, 0.29) is 23.0 Å². The van der Waals surface area contributed by atoms with Gasteiger partial charge in [0.25, 0.3) is 5.91 Å². The Morgan fingerprint density at radius 1 is 1.12 bits per heavy atom. The van der Waals surface area contributed by atoms with Gasteiger partial charge in [0.15, 0.2) is 17.8 Å². The topological polar surface area (TPSA) is 95.2 Å². The van der Waals surface area contributed by atoms with Crippen LogP contribution in [0.4, 0.5) is 15.8 Å². The number of fused-ring (bicyclic) bond motifs is 1. The molecule has 0 saturated heterocycles. The van der Waals surface area contributed by atoms with Crippen molar-refractivity contribution in [2.45, 2.75) is 13.2 Å². The van der Waals surface area contributed by atoms with Crippen LogP contribution >= 0.6 is 0 Å². The Bertz CT molecular complexity index is 1400. The Labute approximate surface area is 194 Å². The first kappa shape index (κ1) is 21.4. The summed E-state index contributed by atoms with van der Waals surface area (Å²) in [6, 6.07) is 17.0. The standard InChI is InChI=1S/C24H21FN6O3/c1-15-21(23(33)31(29(15)2)17-7-4-3-5-8-17)22(32)28-16-10-11-19(18(25)13-16)34-24-27-14-26-20-9-6-12-30(20)24/h3-14,23,33H,1-2H3,(H,28,32). The van der Waals surface area contributed by atoms with Gasteiger partial charge in [0.1, 0.15) is 12.0 Å². The second-order valence-corrected chi connectivity index (χ2v) is 7.67. The van der Waals surface area contributed by atoms with Crippen molar-refractivity contribution >= 4 is 22.9 Å². The van der Waals surface area contributed by atoms with Crippen molar-refractivity contribution in [3.8, 4) is 11.8 Å². The number of carbonyl (C=O) groups excluding carboxylic acids is 1. The molecule has 2 aromatic carbocycles. The number of benzene rings is 2. The van der Waals surface area contributed by atoms with Gasteiger partial charge in [-0.3, -0.25) is 19.2 Å². The van der Waals surface area contributed by atoms with E-state index in [0.717, 1.165) is 11.8 Å². The van der Waals surface area contributed by atoms with E-state index < -0.39 is 18.0 Å². The van der Waals surface area contributed by atoms with E-state index in [1.165, 1.54) is 18.5 Å². The third-order valence-electron chi connectivity index (χ3n) is 5.64. The monoisotopic (exact) mass is 460 g/mol. The van der Waals surface area contributed by atoms with Crippen LogP contribution in [-0.4, -0.2) is 43.7 Å². The number of nitrogens with one attached hydrogen (secondary N) is 1. The molecule has 10 heteroatoms. The molecule has 1 aliphatic heterocycles. The van der Waals surface area contributed by atoms with Gasteiger partial charge >= 0.3 is 6.01 Å². The van der Waals surface area contributed by atoms with Crippen molar-refractivity contribution in [3.05, 3.63) is 90.3 Å². The molecule has 1 aliphatic rings. The highest BCUT2D eigenvalue weighted by molar-refractivity contribution is 6.05. The van der Waals surface area contributed by atoms with E-state index >= 15 is 0 Å². The average molecular weight is 460 g/mol. The van der Waals surface area contributed by atoms with E-state index in [9.17, 15) is 14.3 Å². The number of nitrogens with zero attached hydrogens (tertiary/aromatic N) is 5. The maximum atomic E-state index is 14.8. The highest BCUT2D eigenvalue weighted by atomic mass is 19.1. The van der Waals surface area contributed by atoms with Crippen LogP contribution in [-0.2, 0) is 4.79 Å². The quantitative estimate of drug-likeness (QED) is 0.470. The third kappa shape index (κ3) is 3.69. The van der Waals surface area contributed by atoms with Crippen LogP contribution in [0.25, 0.3) is 5.65 Å². The second kappa shape index (κ2) is 8.49. The van der Waals surface area contributed by atoms with Crippen LogP contribution in [0, 0.1) is 5.82 Å². The lowest BCUT2D eigenvalue weighted by atomic mass is 10.1. The number of ether oxygens (including phenoxy) is 1. The van der Waals surface area contributed by atoms with Gasteiger partial charge in [-0.05, 0) is 43.3 Å². The number of para-hydroxylation sites is 1. The number of aliphatic hydroxyl groups is 1. The van der Waals surface area contributed by atoms with Gasteiger partial charge in [-0.25, -0.2) is 9.37 Å². The van der Waals surface area contributed by atoms with Crippen LogP contribution in [0.3, 0.4) is 0 Å². The summed E-state index contributed by atoms with van der Waals surface area (Å²) < 4.78 is 22.0. The molecule has 4 aromatic rings. The van der Waals surface area contributed by atoms with Gasteiger partial charge in [-0.1, -0.05) is 18.2 Å². The predicted molar refractivity (Wildman–Crippen MR) is 123 cm³/mol. The summed E-state index contributed by atoms with van der Waals surface area (Å²) in [4.78, 5) is 21.1. The summed E-state index contributed by atoms with van der Waals surface area (Å²) in [6.07, 6.45) is 1.84. The number of allylic oxidation sites excluding steroid dienone is 1. The maximum absolute atomic E-state index is 14.8. The summed E-state index contributed by atoms with van der Waals surface area (Å²) in [6.45, 7) is 1.74. The predicted octanol–water partition coefficient (Wildman–Crippen LogP) is 3.56. The van der Waals surface area contributed by atoms with E-state index in [2.05, 4.69) is 15.3 Å². The van der Waals surface area contributed by atoms with Gasteiger partial charge in [0.05, 0.1) is 11.3 Å². The second-order valence-electron chi connectivity index (χ2n) is 7.67. The molecule has 34 heavy (non-hydrogen) atoms. The first-order valence-electron chi connectivity index (χ1n) is 10.5. The Kier molecular flexibility index (Phi) is 5.34. The van der Waals surface area contributed by atoms with Crippen molar-refractivity contribution in [1.82, 2.24) is 19.4 Å². The molecule has 0 fully saturated rings. The number of anilines is 2.